The number of halogens is 1. The van der Waals surface area contributed by atoms with E-state index in [9.17, 15) is 4.79 Å². The summed E-state index contributed by atoms with van der Waals surface area (Å²) in [6.07, 6.45) is 2.00. The second kappa shape index (κ2) is 6.13. The molecule has 2 nitrogen and oxygen atoms in total. The number of benzene rings is 2. The monoisotopic (exact) mass is 291 g/mol. The van der Waals surface area contributed by atoms with Crippen molar-refractivity contribution in [1.29, 1.82) is 0 Å². The molecule has 1 amide bonds. The van der Waals surface area contributed by atoms with E-state index in [2.05, 4.69) is 5.32 Å². The highest BCUT2D eigenvalue weighted by Crippen LogP contribution is 2.23. The van der Waals surface area contributed by atoms with Crippen LogP contribution in [0.1, 0.15) is 15.9 Å². The number of hydrogen-bond donors (Lipinski definition) is 1. The highest BCUT2D eigenvalue weighted by atomic mass is 35.5. The fourth-order valence-corrected chi connectivity index (χ4v) is 2.35. The molecule has 4 heteroatoms. The first kappa shape index (κ1) is 14.0. The molecule has 0 spiro atoms. The maximum Gasteiger partial charge on any atom is 0.255 e. The molecular weight excluding hydrogens is 278 g/mol. The van der Waals surface area contributed by atoms with Gasteiger partial charge in [-0.2, -0.15) is 0 Å². The number of rotatable bonds is 3. The molecule has 2 rings (SSSR count). The predicted molar refractivity (Wildman–Crippen MR) is 82.4 cm³/mol. The normalized spacial score (nSPS) is 10.3. The number of hydrogen-bond acceptors (Lipinski definition) is 2. The van der Waals surface area contributed by atoms with Crippen molar-refractivity contribution in [3.8, 4) is 0 Å². The zero-order chi connectivity index (χ0) is 13.8. The molecule has 0 aliphatic carbocycles. The molecule has 0 unspecified atom stereocenters. The molecule has 0 aliphatic rings. The van der Waals surface area contributed by atoms with Gasteiger partial charge in [-0.1, -0.05) is 17.7 Å². The number of amides is 1. The molecule has 19 heavy (non-hydrogen) atoms. The molecule has 0 saturated carbocycles. The molecule has 2 aromatic rings. The van der Waals surface area contributed by atoms with Gasteiger partial charge in [0.1, 0.15) is 0 Å². The van der Waals surface area contributed by atoms with Crippen molar-refractivity contribution in [2.24, 2.45) is 0 Å². The van der Waals surface area contributed by atoms with Crippen molar-refractivity contribution in [3.05, 3.63) is 58.6 Å². The number of carbonyl (C=O) groups is 1. The smallest absolute Gasteiger partial charge is 0.255 e. The fourth-order valence-electron chi connectivity index (χ4n) is 1.66. The molecule has 0 aliphatic heterocycles. The summed E-state index contributed by atoms with van der Waals surface area (Å²) in [5.74, 6) is -0.154. The van der Waals surface area contributed by atoms with Crippen LogP contribution in [0.3, 0.4) is 0 Å². The van der Waals surface area contributed by atoms with Crippen LogP contribution in [0.5, 0.6) is 0 Å². The molecule has 0 bridgehead atoms. The molecule has 0 atom stereocenters. The first-order valence-corrected chi connectivity index (χ1v) is 7.42. The SMILES string of the molecule is CSc1ccc(C(=O)Nc2ccc(C)cc2Cl)cc1. The Bertz CT molecular complexity index is 596. The Morgan fingerprint density at radius 1 is 1.16 bits per heavy atom. The standard InChI is InChI=1S/C15H14ClNOS/c1-10-3-8-14(13(16)9-10)17-15(18)11-4-6-12(19-2)7-5-11/h3-9H,1-2H3,(H,17,18). The average Bonchev–Trinajstić information content (AvgIpc) is 2.42. The number of anilines is 1. The summed E-state index contributed by atoms with van der Waals surface area (Å²) in [5.41, 5.74) is 2.31. The summed E-state index contributed by atoms with van der Waals surface area (Å²) in [6.45, 7) is 1.96. The van der Waals surface area contributed by atoms with Crippen LogP contribution in [0.4, 0.5) is 5.69 Å². The third kappa shape index (κ3) is 3.52. The maximum atomic E-state index is 12.1. The lowest BCUT2D eigenvalue weighted by Gasteiger charge is -2.08. The summed E-state index contributed by atoms with van der Waals surface area (Å²) in [4.78, 5) is 13.2. The van der Waals surface area contributed by atoms with E-state index in [1.54, 1.807) is 11.8 Å². The summed E-state index contributed by atoms with van der Waals surface area (Å²) < 4.78 is 0. The third-order valence-electron chi connectivity index (χ3n) is 2.72. The Morgan fingerprint density at radius 3 is 2.42 bits per heavy atom. The van der Waals surface area contributed by atoms with Gasteiger partial charge in [0.25, 0.3) is 5.91 Å². The van der Waals surface area contributed by atoms with Gasteiger partial charge in [-0.3, -0.25) is 4.79 Å². The van der Waals surface area contributed by atoms with E-state index >= 15 is 0 Å². The molecule has 1 N–H and O–H groups in total. The zero-order valence-electron chi connectivity index (χ0n) is 10.7. The second-order valence-electron chi connectivity index (χ2n) is 4.17. The summed E-state index contributed by atoms with van der Waals surface area (Å²) in [7, 11) is 0. The van der Waals surface area contributed by atoms with Gasteiger partial charge in [-0.05, 0) is 55.1 Å². The minimum Gasteiger partial charge on any atom is -0.321 e. The van der Waals surface area contributed by atoms with Crippen LogP contribution in [-0.4, -0.2) is 12.2 Å². The lowest BCUT2D eigenvalue weighted by Crippen LogP contribution is -2.12. The lowest BCUT2D eigenvalue weighted by molar-refractivity contribution is 0.102. The van der Waals surface area contributed by atoms with E-state index in [0.29, 0.717) is 16.3 Å². The molecule has 98 valence electrons. The van der Waals surface area contributed by atoms with Crippen molar-refractivity contribution >= 4 is 35.0 Å². The maximum absolute atomic E-state index is 12.1. The second-order valence-corrected chi connectivity index (χ2v) is 5.45. The van der Waals surface area contributed by atoms with Crippen LogP contribution in [-0.2, 0) is 0 Å². The number of thioether (sulfide) groups is 1. The van der Waals surface area contributed by atoms with Gasteiger partial charge in [0, 0.05) is 10.5 Å². The topological polar surface area (TPSA) is 29.1 Å². The van der Waals surface area contributed by atoms with Crippen LogP contribution in [0.2, 0.25) is 5.02 Å². The van der Waals surface area contributed by atoms with Crippen molar-refractivity contribution in [3.63, 3.8) is 0 Å². The van der Waals surface area contributed by atoms with Crippen LogP contribution < -0.4 is 5.32 Å². The Kier molecular flexibility index (Phi) is 4.51. The fraction of sp³-hybridized carbons (Fsp3) is 0.133. The van der Waals surface area contributed by atoms with Gasteiger partial charge in [0.05, 0.1) is 10.7 Å². The molecule has 0 heterocycles. The van der Waals surface area contributed by atoms with Crippen molar-refractivity contribution in [2.75, 3.05) is 11.6 Å². The van der Waals surface area contributed by atoms with Crippen LogP contribution in [0, 0.1) is 6.92 Å². The van der Waals surface area contributed by atoms with E-state index in [1.807, 2.05) is 55.6 Å². The average molecular weight is 292 g/mol. The molecule has 0 fully saturated rings. The predicted octanol–water partition coefficient (Wildman–Crippen LogP) is 4.62. The van der Waals surface area contributed by atoms with E-state index in [-0.39, 0.29) is 5.91 Å². The molecule has 2 aromatic carbocycles. The number of aryl methyl sites for hydroxylation is 1. The largest absolute Gasteiger partial charge is 0.321 e. The Balaban J connectivity index is 2.15. The Hall–Kier alpha value is -1.45. The quantitative estimate of drug-likeness (QED) is 0.836. The zero-order valence-corrected chi connectivity index (χ0v) is 12.3. The van der Waals surface area contributed by atoms with Crippen molar-refractivity contribution in [1.82, 2.24) is 0 Å². The van der Waals surface area contributed by atoms with E-state index in [1.165, 1.54) is 0 Å². The molecule has 0 aromatic heterocycles. The van der Waals surface area contributed by atoms with Crippen LogP contribution in [0.15, 0.2) is 47.4 Å². The Morgan fingerprint density at radius 2 is 1.84 bits per heavy atom. The number of carbonyl (C=O) groups excluding carboxylic acids is 1. The third-order valence-corrected chi connectivity index (χ3v) is 3.78. The highest BCUT2D eigenvalue weighted by Gasteiger charge is 2.08. The molecular formula is C15H14ClNOS. The first-order chi connectivity index (χ1) is 9.10. The van der Waals surface area contributed by atoms with Gasteiger partial charge in [0.15, 0.2) is 0 Å². The molecule has 0 radical (unpaired) electrons. The Labute approximate surface area is 122 Å². The lowest BCUT2D eigenvalue weighted by atomic mass is 10.2. The highest BCUT2D eigenvalue weighted by molar-refractivity contribution is 7.98. The van der Waals surface area contributed by atoms with Crippen LogP contribution in [0.25, 0.3) is 0 Å². The van der Waals surface area contributed by atoms with Gasteiger partial charge >= 0.3 is 0 Å². The van der Waals surface area contributed by atoms with Crippen molar-refractivity contribution in [2.45, 2.75) is 11.8 Å². The minimum absolute atomic E-state index is 0.154. The van der Waals surface area contributed by atoms with Crippen LogP contribution >= 0.6 is 23.4 Å². The van der Waals surface area contributed by atoms with Gasteiger partial charge in [-0.15, -0.1) is 11.8 Å². The van der Waals surface area contributed by atoms with E-state index < -0.39 is 0 Å². The van der Waals surface area contributed by atoms with Gasteiger partial charge in [0.2, 0.25) is 0 Å². The molecule has 0 saturated heterocycles. The van der Waals surface area contributed by atoms with E-state index in [4.69, 9.17) is 11.6 Å². The van der Waals surface area contributed by atoms with E-state index in [0.717, 1.165) is 10.5 Å². The summed E-state index contributed by atoms with van der Waals surface area (Å²) >= 11 is 7.74. The summed E-state index contributed by atoms with van der Waals surface area (Å²) in [6, 6.07) is 13.0. The summed E-state index contributed by atoms with van der Waals surface area (Å²) in [5, 5.41) is 3.36. The minimum atomic E-state index is -0.154. The van der Waals surface area contributed by atoms with Gasteiger partial charge < -0.3 is 5.32 Å². The number of nitrogens with one attached hydrogen (secondary N) is 1. The van der Waals surface area contributed by atoms with Gasteiger partial charge in [-0.25, -0.2) is 0 Å². The first-order valence-electron chi connectivity index (χ1n) is 5.81. The van der Waals surface area contributed by atoms with Crippen molar-refractivity contribution < 1.29 is 4.79 Å².